The van der Waals surface area contributed by atoms with Crippen molar-refractivity contribution in [3.05, 3.63) is 114 Å². The third kappa shape index (κ3) is 4.17. The lowest BCUT2D eigenvalue weighted by Crippen LogP contribution is -2.39. The van der Waals surface area contributed by atoms with Gasteiger partial charge < -0.3 is 5.32 Å². The molecule has 1 atom stereocenters. The van der Waals surface area contributed by atoms with Crippen molar-refractivity contribution in [1.82, 2.24) is 0 Å². The molecule has 1 N–H and O–H groups in total. The van der Waals surface area contributed by atoms with E-state index >= 15 is 0 Å². The second kappa shape index (κ2) is 9.32. The lowest BCUT2D eigenvalue weighted by Gasteiger charge is -2.27. The molecule has 0 saturated carbocycles. The molecular formula is C29H23NO2. The average molecular weight is 418 g/mol. The maximum atomic E-state index is 13.8. The molecule has 0 aliphatic rings. The Morgan fingerprint density at radius 1 is 0.875 bits per heavy atom. The van der Waals surface area contributed by atoms with Crippen LogP contribution in [0.15, 0.2) is 97.1 Å². The molecule has 4 aromatic rings. The third-order valence-corrected chi connectivity index (χ3v) is 5.69. The highest BCUT2D eigenvalue weighted by atomic mass is 16.2. The number of nitrogens with one attached hydrogen (secondary N) is 1. The minimum absolute atomic E-state index is 0.167. The summed E-state index contributed by atoms with van der Waals surface area (Å²) in [5.41, 5.74) is 1.93. The first-order valence-corrected chi connectivity index (χ1v) is 10.6. The van der Waals surface area contributed by atoms with Crippen molar-refractivity contribution < 1.29 is 9.59 Å². The molecule has 0 bridgehead atoms. The number of aldehydes is 1. The van der Waals surface area contributed by atoms with Crippen LogP contribution in [-0.2, 0) is 10.2 Å². The number of carbonyl (C=O) groups excluding carboxylic acids is 2. The summed E-state index contributed by atoms with van der Waals surface area (Å²) in [6.45, 7) is 1.97. The van der Waals surface area contributed by atoms with Gasteiger partial charge in [-0.05, 0) is 35.6 Å². The second-order valence-electron chi connectivity index (χ2n) is 7.60. The van der Waals surface area contributed by atoms with Crippen LogP contribution in [0.4, 0.5) is 5.69 Å². The third-order valence-electron chi connectivity index (χ3n) is 5.69. The van der Waals surface area contributed by atoms with Crippen LogP contribution in [0.3, 0.4) is 0 Å². The van der Waals surface area contributed by atoms with Gasteiger partial charge in [0, 0.05) is 22.2 Å². The van der Waals surface area contributed by atoms with Crippen molar-refractivity contribution in [2.45, 2.75) is 18.8 Å². The van der Waals surface area contributed by atoms with Crippen molar-refractivity contribution in [3.8, 4) is 11.8 Å². The van der Waals surface area contributed by atoms with Gasteiger partial charge >= 0.3 is 0 Å². The summed E-state index contributed by atoms with van der Waals surface area (Å²) < 4.78 is 0. The number of hydrogen-bond acceptors (Lipinski definition) is 2. The highest BCUT2D eigenvalue weighted by Crippen LogP contribution is 2.31. The van der Waals surface area contributed by atoms with Crippen molar-refractivity contribution in [2.24, 2.45) is 0 Å². The van der Waals surface area contributed by atoms with Gasteiger partial charge in [-0.25, -0.2) is 0 Å². The van der Waals surface area contributed by atoms with Crippen LogP contribution in [0, 0.1) is 11.8 Å². The maximum absolute atomic E-state index is 13.8. The fraction of sp³-hybridized carbons (Fsp3) is 0.103. The van der Waals surface area contributed by atoms with Crippen LogP contribution >= 0.6 is 0 Å². The van der Waals surface area contributed by atoms with Crippen molar-refractivity contribution in [2.75, 3.05) is 5.32 Å². The first kappa shape index (κ1) is 21.1. The fourth-order valence-electron chi connectivity index (χ4n) is 3.82. The Balaban J connectivity index is 1.77. The smallest absolute Gasteiger partial charge is 0.247 e. The molecule has 0 saturated heterocycles. The quantitative estimate of drug-likeness (QED) is 0.320. The van der Waals surface area contributed by atoms with Gasteiger partial charge in [0.25, 0.3) is 0 Å². The van der Waals surface area contributed by atoms with Gasteiger partial charge in [-0.3, -0.25) is 9.59 Å². The van der Waals surface area contributed by atoms with Gasteiger partial charge in [-0.15, -0.1) is 0 Å². The molecule has 1 amide bonds. The predicted molar refractivity (Wildman–Crippen MR) is 130 cm³/mol. The van der Waals surface area contributed by atoms with Crippen LogP contribution in [0.1, 0.15) is 34.8 Å². The molecular weight excluding hydrogens is 394 g/mol. The largest absolute Gasteiger partial charge is 0.324 e. The number of carbonyl (C=O) groups is 2. The highest BCUT2D eigenvalue weighted by molar-refractivity contribution is 6.07. The molecule has 0 fully saturated rings. The zero-order valence-electron chi connectivity index (χ0n) is 17.8. The SMILES string of the molecule is CC[C@](C#Cc1ccc(C=O)cc1)(C(=O)Nc1cccc2ccccc12)c1ccccc1. The molecule has 3 heteroatoms. The molecule has 0 unspecified atom stereocenters. The zero-order valence-corrected chi connectivity index (χ0v) is 17.8. The standard InChI is InChI=1S/C29H23NO2/c1-2-29(25-11-4-3-5-12-25,20-19-22-15-17-23(21-31)18-16-22)28(32)30-27-14-8-10-24-9-6-7-13-26(24)27/h3-18,21H,2H2,1H3,(H,30,32)/t29-/m1/s1. The molecule has 0 radical (unpaired) electrons. The Bertz CT molecular complexity index is 1310. The van der Waals surface area contributed by atoms with E-state index in [9.17, 15) is 9.59 Å². The average Bonchev–Trinajstić information content (AvgIpc) is 2.86. The van der Waals surface area contributed by atoms with Gasteiger partial charge in [-0.2, -0.15) is 0 Å². The number of fused-ring (bicyclic) bond motifs is 1. The Hall–Kier alpha value is -4.16. The Kier molecular flexibility index (Phi) is 6.14. The van der Waals surface area contributed by atoms with E-state index in [2.05, 4.69) is 17.2 Å². The van der Waals surface area contributed by atoms with Crippen LogP contribution in [0.5, 0.6) is 0 Å². The fourth-order valence-corrected chi connectivity index (χ4v) is 3.82. The molecule has 0 heterocycles. The number of amides is 1. The van der Waals surface area contributed by atoms with Gasteiger partial charge in [0.15, 0.2) is 0 Å². The topological polar surface area (TPSA) is 46.2 Å². The minimum atomic E-state index is -1.03. The van der Waals surface area contributed by atoms with Crippen molar-refractivity contribution in [3.63, 3.8) is 0 Å². The molecule has 0 aromatic heterocycles. The summed E-state index contributed by atoms with van der Waals surface area (Å²) in [5, 5.41) is 5.19. The highest BCUT2D eigenvalue weighted by Gasteiger charge is 2.37. The van der Waals surface area contributed by atoms with E-state index in [4.69, 9.17) is 0 Å². The molecule has 156 valence electrons. The van der Waals surface area contributed by atoms with E-state index in [0.29, 0.717) is 12.0 Å². The zero-order chi connectivity index (χ0) is 22.4. The summed E-state index contributed by atoms with van der Waals surface area (Å²) in [6.07, 6.45) is 1.31. The Labute approximate surface area is 188 Å². The monoisotopic (exact) mass is 417 g/mol. The predicted octanol–water partition coefficient (Wildman–Crippen LogP) is 5.99. The van der Waals surface area contributed by atoms with Crippen LogP contribution in [-0.4, -0.2) is 12.2 Å². The molecule has 4 aromatic carbocycles. The molecule has 0 aliphatic carbocycles. The van der Waals surface area contributed by atoms with E-state index in [1.807, 2.05) is 79.7 Å². The number of anilines is 1. The van der Waals surface area contributed by atoms with Crippen LogP contribution in [0.2, 0.25) is 0 Å². The minimum Gasteiger partial charge on any atom is -0.324 e. The molecule has 4 rings (SSSR count). The Morgan fingerprint density at radius 2 is 1.56 bits per heavy atom. The summed E-state index contributed by atoms with van der Waals surface area (Å²) in [4.78, 5) is 24.7. The van der Waals surface area contributed by atoms with Crippen LogP contribution in [0.25, 0.3) is 10.8 Å². The van der Waals surface area contributed by atoms with Crippen molar-refractivity contribution in [1.29, 1.82) is 0 Å². The van der Waals surface area contributed by atoms with Crippen molar-refractivity contribution >= 4 is 28.7 Å². The van der Waals surface area contributed by atoms with E-state index in [1.54, 1.807) is 24.3 Å². The lowest BCUT2D eigenvalue weighted by atomic mass is 9.77. The van der Waals surface area contributed by atoms with Gasteiger partial charge in [0.05, 0.1) is 0 Å². The summed E-state index contributed by atoms with van der Waals surface area (Å²) in [7, 11) is 0. The van der Waals surface area contributed by atoms with Gasteiger partial charge in [0.1, 0.15) is 11.7 Å². The summed E-state index contributed by atoms with van der Waals surface area (Å²) in [6, 6.07) is 30.5. The molecule has 0 aliphatic heterocycles. The first-order valence-electron chi connectivity index (χ1n) is 10.6. The maximum Gasteiger partial charge on any atom is 0.247 e. The first-order chi connectivity index (χ1) is 15.7. The van der Waals surface area contributed by atoms with Gasteiger partial charge in [-0.1, -0.05) is 97.6 Å². The molecule has 3 nitrogen and oxygen atoms in total. The van der Waals surface area contributed by atoms with E-state index in [-0.39, 0.29) is 5.91 Å². The number of rotatable bonds is 5. The number of hydrogen-bond donors (Lipinski definition) is 1. The van der Waals surface area contributed by atoms with Gasteiger partial charge in [0.2, 0.25) is 5.91 Å². The molecule has 32 heavy (non-hydrogen) atoms. The molecule has 0 spiro atoms. The second-order valence-corrected chi connectivity index (χ2v) is 7.60. The number of benzene rings is 4. The van der Waals surface area contributed by atoms with E-state index in [0.717, 1.165) is 33.9 Å². The lowest BCUT2D eigenvalue weighted by molar-refractivity contribution is -0.119. The Morgan fingerprint density at radius 3 is 2.28 bits per heavy atom. The van der Waals surface area contributed by atoms with Crippen LogP contribution < -0.4 is 5.32 Å². The summed E-state index contributed by atoms with van der Waals surface area (Å²) >= 11 is 0. The van der Waals surface area contributed by atoms with E-state index < -0.39 is 5.41 Å². The van der Waals surface area contributed by atoms with E-state index in [1.165, 1.54) is 0 Å². The summed E-state index contributed by atoms with van der Waals surface area (Å²) in [5.74, 6) is 6.27. The normalized spacial score (nSPS) is 12.3.